The minimum absolute atomic E-state index is 0.500. The molecule has 0 aromatic rings. The Morgan fingerprint density at radius 1 is 1.25 bits per heavy atom. The van der Waals surface area contributed by atoms with Gasteiger partial charge in [-0.3, -0.25) is 0 Å². The van der Waals surface area contributed by atoms with E-state index in [-0.39, 0.29) is 0 Å². The van der Waals surface area contributed by atoms with E-state index in [0.717, 1.165) is 0 Å². The maximum atomic E-state index is 2.30. The Bertz CT molecular complexity index is 42.8. The Kier molecular flexibility index (Phi) is 2.96. The monoisotopic (exact) mass is 113 g/mol. The quantitative estimate of drug-likeness (QED) is 0.493. The van der Waals surface area contributed by atoms with Gasteiger partial charge in [-0.25, -0.2) is 0 Å². The van der Waals surface area contributed by atoms with E-state index in [1.807, 2.05) is 0 Å². The Morgan fingerprint density at radius 3 is 1.62 bits per heavy atom. The van der Waals surface area contributed by atoms with Gasteiger partial charge in [-0.05, 0) is 19.8 Å². The van der Waals surface area contributed by atoms with Gasteiger partial charge in [0, 0.05) is 0 Å². The van der Waals surface area contributed by atoms with Crippen LogP contribution in [0.2, 0.25) is 0 Å². The Morgan fingerprint density at radius 2 is 1.62 bits per heavy atom. The molecule has 0 spiro atoms. The zero-order valence-corrected chi connectivity index (χ0v) is 6.49. The van der Waals surface area contributed by atoms with Crippen LogP contribution in [0.3, 0.4) is 0 Å². The van der Waals surface area contributed by atoms with Crippen LogP contribution in [0.5, 0.6) is 0 Å². The summed E-state index contributed by atoms with van der Waals surface area (Å²) in [5, 5.41) is 0. The van der Waals surface area contributed by atoms with Crippen molar-refractivity contribution >= 4 is 0 Å². The van der Waals surface area contributed by atoms with E-state index in [0.29, 0.717) is 5.41 Å². The van der Waals surface area contributed by atoms with Crippen LogP contribution < -0.4 is 0 Å². The summed E-state index contributed by atoms with van der Waals surface area (Å²) in [6.07, 6.45) is 4.83. The lowest BCUT2D eigenvalue weighted by Gasteiger charge is -2.14. The Balaban J connectivity index is 3.58. The molecule has 0 radical (unpaired) electrons. The summed E-state index contributed by atoms with van der Waals surface area (Å²) >= 11 is 0. The maximum absolute atomic E-state index is 2.30. The molecule has 0 nitrogen and oxygen atoms in total. The summed E-state index contributed by atoms with van der Waals surface area (Å²) in [6.45, 7) is 8.92. The third-order valence-corrected chi connectivity index (χ3v) is 2.31. The molecule has 0 atom stereocenters. The lowest BCUT2D eigenvalue weighted by Crippen LogP contribution is -2.11. The highest BCUT2D eigenvalue weighted by Crippen LogP contribution is 2.27. The van der Waals surface area contributed by atoms with Crippen molar-refractivity contribution in [1.29, 1.82) is 0 Å². The van der Waals surface area contributed by atoms with E-state index in [1.165, 1.54) is 12.8 Å². The predicted octanol–water partition coefficient (Wildman–Crippen LogP) is 3.04. The minimum Gasteiger partial charge on any atom is -0.0608 e. The van der Waals surface area contributed by atoms with E-state index < -0.39 is 0 Å². The zero-order valence-electron chi connectivity index (χ0n) is 6.49. The number of hydrogen-bond donors (Lipinski definition) is 0. The van der Waals surface area contributed by atoms with Crippen LogP contribution in [0.15, 0.2) is 0 Å². The fourth-order valence-electron chi connectivity index (χ4n) is 0.658. The first kappa shape index (κ1) is 7.87. The van der Waals surface area contributed by atoms with E-state index >= 15 is 0 Å². The van der Waals surface area contributed by atoms with E-state index in [1.54, 1.807) is 0 Å². The largest absolute Gasteiger partial charge is 0.104 e. The Hall–Kier alpha value is -0.130. The lowest BCUT2D eigenvalue weighted by molar-refractivity contribution is 0.361. The van der Waals surface area contributed by atoms with Crippen LogP contribution >= 0.6 is 0 Å². The van der Waals surface area contributed by atoms with Crippen LogP contribution in [-0.4, -0.2) is 0 Å². The van der Waals surface area contributed by atoms with Gasteiger partial charge in [0.15, 0.2) is 0 Å². The smallest absolute Gasteiger partial charge is 0.0608 e. The van der Waals surface area contributed by atoms with Crippen molar-refractivity contribution < 1.29 is 0 Å². The molecule has 0 heterocycles. The molecule has 0 saturated carbocycles. The van der Waals surface area contributed by atoms with Gasteiger partial charge in [-0.2, -0.15) is 0 Å². The van der Waals surface area contributed by atoms with Crippen LogP contribution in [0, 0.1) is 11.8 Å². The highest BCUT2D eigenvalue weighted by molar-refractivity contribution is 4.82. The van der Waals surface area contributed by atoms with Gasteiger partial charge in [0.2, 0.25) is 0 Å². The van der Waals surface area contributed by atoms with E-state index in [9.17, 15) is 0 Å². The molecule has 0 saturated heterocycles. The summed E-state index contributed by atoms with van der Waals surface area (Å²) in [5.74, 6) is 0. The van der Waals surface area contributed by atoms with Crippen molar-refractivity contribution in [3.63, 3.8) is 0 Å². The van der Waals surface area contributed by atoms with Gasteiger partial charge in [0.1, 0.15) is 5.41 Å². The lowest BCUT2D eigenvalue weighted by atomic mass is 9.82. The molecule has 0 fully saturated rings. The molecule has 0 heteroatoms. The minimum atomic E-state index is 0.500. The molecule has 0 aliphatic heterocycles. The van der Waals surface area contributed by atoms with Crippen LogP contribution in [0.25, 0.3) is 0 Å². The highest BCUT2D eigenvalue weighted by atomic mass is 14.2. The van der Waals surface area contributed by atoms with Crippen LogP contribution in [0.4, 0.5) is 0 Å². The number of hydrogen-bond acceptors (Lipinski definition) is 0. The first-order chi connectivity index (χ1) is 3.68. The van der Waals surface area contributed by atoms with Gasteiger partial charge >= 0.3 is 0 Å². The molecular weight excluding hydrogens is 96.1 g/mol. The van der Waals surface area contributed by atoms with Gasteiger partial charge in [-0.1, -0.05) is 13.8 Å². The van der Waals surface area contributed by atoms with E-state index in [2.05, 4.69) is 34.1 Å². The summed E-state index contributed by atoms with van der Waals surface area (Å²) < 4.78 is 0. The highest BCUT2D eigenvalue weighted by Gasteiger charge is 2.24. The summed E-state index contributed by atoms with van der Waals surface area (Å²) in [7, 11) is 0. The van der Waals surface area contributed by atoms with Crippen molar-refractivity contribution in [2.45, 2.75) is 40.5 Å². The topological polar surface area (TPSA) is 0 Å². The second kappa shape index (κ2) is 3.01. The normalized spacial score (nSPS) is 11.5. The molecule has 0 amide bonds. The van der Waals surface area contributed by atoms with Crippen molar-refractivity contribution in [2.24, 2.45) is 5.41 Å². The van der Waals surface area contributed by atoms with Crippen molar-refractivity contribution in [2.75, 3.05) is 0 Å². The van der Waals surface area contributed by atoms with Gasteiger partial charge < -0.3 is 0 Å². The van der Waals surface area contributed by atoms with Crippen molar-refractivity contribution in [1.82, 2.24) is 0 Å². The standard InChI is InChI=1S/C8H17/c1-5-8(4,6-2)7-3/h5H,6-7H2,1-4H3/q+1. The molecular formula is C8H17+. The molecule has 0 rings (SSSR count). The fourth-order valence-corrected chi connectivity index (χ4v) is 0.658. The predicted molar refractivity (Wildman–Crippen MR) is 38.7 cm³/mol. The van der Waals surface area contributed by atoms with Gasteiger partial charge in [0.05, 0.1) is 13.3 Å². The molecule has 0 aliphatic carbocycles. The van der Waals surface area contributed by atoms with Crippen LogP contribution in [-0.2, 0) is 0 Å². The summed E-state index contributed by atoms with van der Waals surface area (Å²) in [5.41, 5.74) is 0.500. The first-order valence-corrected chi connectivity index (χ1v) is 3.49. The fraction of sp³-hybridized carbons (Fsp3) is 0.875. The van der Waals surface area contributed by atoms with Gasteiger partial charge in [0.25, 0.3) is 0 Å². The average molecular weight is 113 g/mol. The van der Waals surface area contributed by atoms with E-state index in [4.69, 9.17) is 0 Å². The molecule has 0 aliphatic rings. The third kappa shape index (κ3) is 1.77. The second-order valence-corrected chi connectivity index (χ2v) is 2.65. The molecule has 0 aromatic heterocycles. The van der Waals surface area contributed by atoms with Crippen molar-refractivity contribution in [3.05, 3.63) is 6.42 Å². The molecule has 8 heavy (non-hydrogen) atoms. The SMILES string of the molecule is C[CH+]C(C)(CC)CC. The molecule has 48 valence electrons. The third-order valence-electron chi connectivity index (χ3n) is 2.31. The molecule has 0 aromatic carbocycles. The molecule has 0 N–H and O–H groups in total. The number of rotatable bonds is 3. The van der Waals surface area contributed by atoms with Crippen molar-refractivity contribution in [3.8, 4) is 0 Å². The maximum Gasteiger partial charge on any atom is 0.104 e. The molecule has 0 unspecified atom stereocenters. The zero-order chi connectivity index (χ0) is 6.62. The second-order valence-electron chi connectivity index (χ2n) is 2.65. The first-order valence-electron chi connectivity index (χ1n) is 3.49. The molecule has 0 bridgehead atoms. The summed E-state index contributed by atoms with van der Waals surface area (Å²) in [4.78, 5) is 0. The Labute approximate surface area is 53.3 Å². The summed E-state index contributed by atoms with van der Waals surface area (Å²) in [6, 6.07) is 0. The average Bonchev–Trinajstić information content (AvgIpc) is 1.87. The van der Waals surface area contributed by atoms with Gasteiger partial charge in [-0.15, -0.1) is 0 Å². The van der Waals surface area contributed by atoms with Crippen LogP contribution in [0.1, 0.15) is 40.5 Å².